The molecule has 0 radical (unpaired) electrons. The van der Waals surface area contributed by atoms with Crippen molar-refractivity contribution in [3.8, 4) is 0 Å². The second-order valence-corrected chi connectivity index (χ2v) is 4.64. The maximum Gasteiger partial charge on any atom is 0.247 e. The predicted octanol–water partition coefficient (Wildman–Crippen LogP) is 3.82. The molecule has 0 aromatic heterocycles. The normalized spacial score (nSPS) is 10.1. The molecule has 0 spiro atoms. The van der Waals surface area contributed by atoms with E-state index in [2.05, 4.69) is 0 Å². The van der Waals surface area contributed by atoms with Gasteiger partial charge >= 0.3 is 0 Å². The minimum absolute atomic E-state index is 0. The van der Waals surface area contributed by atoms with Crippen LogP contribution in [0.5, 0.6) is 0 Å². The Bertz CT molecular complexity index is 617. The third-order valence-corrected chi connectivity index (χ3v) is 2.86. The van der Waals surface area contributed by atoms with Crippen LogP contribution in [0.2, 0.25) is 0 Å². The Balaban J connectivity index is 0.00000220. The molecule has 0 N–H and O–H groups in total. The van der Waals surface area contributed by atoms with Crippen molar-refractivity contribution in [1.82, 2.24) is 0 Å². The van der Waals surface area contributed by atoms with E-state index < -0.39 is 11.6 Å². The van der Waals surface area contributed by atoms with Gasteiger partial charge in [-0.1, -0.05) is 18.2 Å². The molecule has 2 aromatic rings. The van der Waals surface area contributed by atoms with Crippen LogP contribution in [0.25, 0.3) is 0 Å². The van der Waals surface area contributed by atoms with E-state index in [1.165, 1.54) is 11.0 Å². The summed E-state index contributed by atoms with van der Waals surface area (Å²) < 4.78 is 26.8. The van der Waals surface area contributed by atoms with Crippen molar-refractivity contribution < 1.29 is 35.3 Å². The largest absolute Gasteiger partial charge is 0.357 e. The smallest absolute Gasteiger partial charge is 0.247 e. The van der Waals surface area contributed by atoms with Crippen LogP contribution in [-0.4, -0.2) is 11.9 Å². The van der Waals surface area contributed by atoms with Crippen molar-refractivity contribution >= 4 is 11.6 Å². The molecule has 1 amide bonds. The summed E-state index contributed by atoms with van der Waals surface area (Å²) in [5.41, 5.74) is 0.472. The average molecular weight is 322 g/mol. The Hall–Kier alpha value is -1.52. The number of benzene rings is 2. The third-order valence-electron chi connectivity index (χ3n) is 2.86. The zero-order valence-electron chi connectivity index (χ0n) is 11.7. The summed E-state index contributed by atoms with van der Waals surface area (Å²) in [6.45, 7) is 3.53. The molecule has 2 aromatic carbocycles. The first-order valence-corrected chi connectivity index (χ1v) is 6.26. The van der Waals surface area contributed by atoms with Crippen molar-refractivity contribution in [2.24, 2.45) is 0 Å². The van der Waals surface area contributed by atoms with E-state index in [0.717, 1.165) is 6.07 Å². The van der Waals surface area contributed by atoms with Crippen LogP contribution in [-0.2, 0) is 21.7 Å². The van der Waals surface area contributed by atoms with Gasteiger partial charge in [-0.05, 0) is 31.7 Å². The van der Waals surface area contributed by atoms with Gasteiger partial charge in [0.1, 0.15) is 0 Å². The summed E-state index contributed by atoms with van der Waals surface area (Å²) in [4.78, 5) is 13.8. The fourth-order valence-corrected chi connectivity index (χ4v) is 1.96. The van der Waals surface area contributed by atoms with Crippen LogP contribution in [0.4, 0.5) is 14.5 Å². The van der Waals surface area contributed by atoms with Crippen LogP contribution in [0, 0.1) is 17.7 Å². The van der Waals surface area contributed by atoms with Gasteiger partial charge in [0.25, 0.3) is 0 Å². The van der Waals surface area contributed by atoms with E-state index >= 15 is 0 Å². The minimum atomic E-state index is -0.872. The molecule has 21 heavy (non-hydrogen) atoms. The van der Waals surface area contributed by atoms with Crippen molar-refractivity contribution in [3.05, 3.63) is 65.7 Å². The molecular weight excluding hydrogens is 308 g/mol. The van der Waals surface area contributed by atoms with E-state index in [1.807, 2.05) is 6.07 Å². The van der Waals surface area contributed by atoms with Gasteiger partial charge < -0.3 is 4.90 Å². The summed E-state index contributed by atoms with van der Waals surface area (Å²) in [7, 11) is 0. The first-order chi connectivity index (χ1) is 9.50. The van der Waals surface area contributed by atoms with Gasteiger partial charge in [-0.15, -0.1) is 18.2 Å². The number of carbonyl (C=O) groups is 1. The number of halogens is 2. The molecule has 0 aliphatic rings. The molecule has 0 unspecified atom stereocenters. The maximum absolute atomic E-state index is 13.8. The van der Waals surface area contributed by atoms with Crippen molar-refractivity contribution in [1.29, 1.82) is 0 Å². The molecule has 0 atom stereocenters. The van der Waals surface area contributed by atoms with Crippen LogP contribution < -0.4 is 4.90 Å². The van der Waals surface area contributed by atoms with Crippen LogP contribution in [0.1, 0.15) is 24.2 Å². The zero-order valence-corrected chi connectivity index (χ0v) is 13.3. The van der Waals surface area contributed by atoms with Crippen LogP contribution in [0.15, 0.2) is 42.5 Å². The summed E-state index contributed by atoms with van der Waals surface area (Å²) in [6.07, 6.45) is 0. The summed E-state index contributed by atoms with van der Waals surface area (Å²) in [6, 6.07) is 12.6. The Labute approximate surface area is 137 Å². The second kappa shape index (κ2) is 7.48. The van der Waals surface area contributed by atoms with Crippen molar-refractivity contribution in [2.45, 2.75) is 19.9 Å². The van der Waals surface area contributed by atoms with E-state index in [9.17, 15) is 13.6 Å². The SMILES string of the molecule is CC(C)N(C(=O)c1ccccc1)c1ccc(F)[c-]c1F.[Ti]. The van der Waals surface area contributed by atoms with Crippen LogP contribution >= 0.6 is 0 Å². The Morgan fingerprint density at radius 2 is 1.71 bits per heavy atom. The number of amides is 1. The van der Waals surface area contributed by atoms with Gasteiger partial charge in [0, 0.05) is 45.0 Å². The van der Waals surface area contributed by atoms with E-state index in [0.29, 0.717) is 5.56 Å². The molecule has 2 rings (SSSR count). The van der Waals surface area contributed by atoms with Crippen molar-refractivity contribution in [3.63, 3.8) is 0 Å². The van der Waals surface area contributed by atoms with Gasteiger partial charge in [0.05, 0.1) is 0 Å². The number of hydrogen-bond donors (Lipinski definition) is 0. The van der Waals surface area contributed by atoms with Gasteiger partial charge in [0.2, 0.25) is 5.91 Å². The van der Waals surface area contributed by atoms with Gasteiger partial charge in [-0.3, -0.25) is 4.79 Å². The Morgan fingerprint density at radius 3 is 2.24 bits per heavy atom. The average Bonchev–Trinajstić information content (AvgIpc) is 2.42. The predicted molar refractivity (Wildman–Crippen MR) is 73.6 cm³/mol. The van der Waals surface area contributed by atoms with Gasteiger partial charge in [0.15, 0.2) is 0 Å². The molecule has 0 saturated heterocycles. The maximum atomic E-state index is 13.8. The van der Waals surface area contributed by atoms with Crippen molar-refractivity contribution in [2.75, 3.05) is 4.90 Å². The van der Waals surface area contributed by atoms with Gasteiger partial charge in [-0.2, -0.15) is 0 Å². The monoisotopic (exact) mass is 322 g/mol. The molecule has 2 nitrogen and oxygen atoms in total. The van der Waals surface area contributed by atoms with E-state index in [1.54, 1.807) is 44.2 Å². The Morgan fingerprint density at radius 1 is 1.10 bits per heavy atom. The zero-order chi connectivity index (χ0) is 14.7. The third kappa shape index (κ3) is 3.99. The van der Waals surface area contributed by atoms with E-state index in [-0.39, 0.29) is 39.4 Å². The molecular formula is C16H14F2NOTi-. The number of nitrogens with zero attached hydrogens (tertiary/aromatic N) is 1. The van der Waals surface area contributed by atoms with Crippen LogP contribution in [0.3, 0.4) is 0 Å². The molecule has 0 heterocycles. The summed E-state index contributed by atoms with van der Waals surface area (Å²) >= 11 is 0. The molecule has 0 bridgehead atoms. The second-order valence-electron chi connectivity index (χ2n) is 4.64. The first kappa shape index (κ1) is 17.5. The summed E-state index contributed by atoms with van der Waals surface area (Å²) in [5.74, 6) is -2.00. The molecule has 108 valence electrons. The fourth-order valence-electron chi connectivity index (χ4n) is 1.96. The molecule has 0 fully saturated rings. The fraction of sp³-hybridized carbons (Fsp3) is 0.188. The topological polar surface area (TPSA) is 20.3 Å². The number of hydrogen-bond acceptors (Lipinski definition) is 1. The molecule has 0 saturated carbocycles. The van der Waals surface area contributed by atoms with Gasteiger partial charge in [-0.25, -0.2) is 8.78 Å². The molecule has 5 heteroatoms. The van der Waals surface area contributed by atoms with E-state index in [4.69, 9.17) is 0 Å². The summed E-state index contributed by atoms with van der Waals surface area (Å²) in [5, 5.41) is 0. The molecule has 0 aliphatic heterocycles. The number of carbonyl (C=O) groups excluding carboxylic acids is 1. The first-order valence-electron chi connectivity index (χ1n) is 6.26. The minimum Gasteiger partial charge on any atom is -0.357 e. The standard InChI is InChI=1S/C16H14F2NO.Ti/c1-11(2)19(15-9-8-13(17)10-14(15)18)16(20)12-6-4-3-5-7-12;/h3-9,11H,1-2H3;/q-1;. The Kier molecular flexibility index (Phi) is 6.25. The quantitative estimate of drug-likeness (QED) is 0.621. The number of anilines is 1. The molecule has 0 aliphatic carbocycles. The number of rotatable bonds is 3.